The highest BCUT2D eigenvalue weighted by Crippen LogP contribution is 2.24. The second kappa shape index (κ2) is 4.71. The molecule has 0 saturated carbocycles. The van der Waals surface area contributed by atoms with Crippen molar-refractivity contribution in [1.29, 1.82) is 0 Å². The minimum absolute atomic E-state index is 1.13. The number of hydrogen-bond donors (Lipinski definition) is 2. The smallest absolute Gasteiger partial charge is 0.0343 e. The van der Waals surface area contributed by atoms with Crippen LogP contribution in [0.3, 0.4) is 0 Å². The Balaban J connectivity index is 2.41. The Labute approximate surface area is 96.3 Å². The predicted octanol–water partition coefficient (Wildman–Crippen LogP) is 3.44. The summed E-state index contributed by atoms with van der Waals surface area (Å²) in [5, 5.41) is 6.30. The molecule has 0 aliphatic carbocycles. The molecule has 0 aliphatic rings. The molecule has 2 heteroatoms. The van der Waals surface area contributed by atoms with E-state index in [1.807, 2.05) is 14.1 Å². The molecule has 0 saturated heterocycles. The molecule has 82 valence electrons. The third-order valence-corrected chi connectivity index (χ3v) is 2.64. The second-order valence-electron chi connectivity index (χ2n) is 3.66. The topological polar surface area (TPSA) is 24.1 Å². The van der Waals surface area contributed by atoms with Crippen molar-refractivity contribution >= 4 is 11.4 Å². The van der Waals surface area contributed by atoms with Crippen LogP contribution in [0.15, 0.2) is 48.5 Å². The molecule has 0 aromatic heterocycles. The summed E-state index contributed by atoms with van der Waals surface area (Å²) in [6.45, 7) is 0. The van der Waals surface area contributed by atoms with Crippen molar-refractivity contribution in [2.45, 2.75) is 0 Å². The SMILES string of the molecule is CNc1cccc(-c2cccc(NC)c2)c1. The van der Waals surface area contributed by atoms with Gasteiger partial charge in [-0.2, -0.15) is 0 Å². The Morgan fingerprint density at radius 2 is 1.12 bits per heavy atom. The number of rotatable bonds is 3. The van der Waals surface area contributed by atoms with Crippen molar-refractivity contribution in [2.24, 2.45) is 0 Å². The van der Waals surface area contributed by atoms with Gasteiger partial charge in [-0.1, -0.05) is 24.3 Å². The van der Waals surface area contributed by atoms with Gasteiger partial charge in [-0.05, 0) is 35.4 Å². The summed E-state index contributed by atoms with van der Waals surface area (Å²) in [5.74, 6) is 0. The highest BCUT2D eigenvalue weighted by molar-refractivity contribution is 5.71. The van der Waals surface area contributed by atoms with E-state index < -0.39 is 0 Å². The third-order valence-electron chi connectivity index (χ3n) is 2.64. The van der Waals surface area contributed by atoms with Gasteiger partial charge in [0.05, 0.1) is 0 Å². The van der Waals surface area contributed by atoms with Crippen LogP contribution in [-0.4, -0.2) is 14.1 Å². The van der Waals surface area contributed by atoms with Gasteiger partial charge in [-0.3, -0.25) is 0 Å². The molecule has 0 spiro atoms. The summed E-state index contributed by atoms with van der Waals surface area (Å²) in [7, 11) is 3.87. The van der Waals surface area contributed by atoms with E-state index in [9.17, 15) is 0 Å². The van der Waals surface area contributed by atoms with Crippen LogP contribution in [-0.2, 0) is 0 Å². The first-order valence-electron chi connectivity index (χ1n) is 5.39. The Bertz CT molecular complexity index is 432. The molecule has 16 heavy (non-hydrogen) atoms. The zero-order valence-corrected chi connectivity index (χ0v) is 9.62. The summed E-state index contributed by atoms with van der Waals surface area (Å²) in [6, 6.07) is 16.8. The quantitative estimate of drug-likeness (QED) is 0.814. The molecule has 2 aromatic rings. The van der Waals surface area contributed by atoms with E-state index in [1.165, 1.54) is 11.1 Å². The largest absolute Gasteiger partial charge is 0.388 e. The van der Waals surface area contributed by atoms with E-state index in [0.29, 0.717) is 0 Å². The number of anilines is 2. The number of benzene rings is 2. The maximum absolute atomic E-state index is 3.15. The van der Waals surface area contributed by atoms with Crippen molar-refractivity contribution in [1.82, 2.24) is 0 Å². The molecule has 2 rings (SSSR count). The van der Waals surface area contributed by atoms with Crippen LogP contribution in [0.1, 0.15) is 0 Å². The third kappa shape index (κ3) is 2.16. The fraction of sp³-hybridized carbons (Fsp3) is 0.143. The molecule has 0 fully saturated rings. The minimum atomic E-state index is 1.13. The van der Waals surface area contributed by atoms with Crippen molar-refractivity contribution in [2.75, 3.05) is 24.7 Å². The van der Waals surface area contributed by atoms with E-state index >= 15 is 0 Å². The predicted molar refractivity (Wildman–Crippen MR) is 71.0 cm³/mol. The average Bonchev–Trinajstić information content (AvgIpc) is 2.39. The van der Waals surface area contributed by atoms with Crippen molar-refractivity contribution in [3.05, 3.63) is 48.5 Å². The Morgan fingerprint density at radius 3 is 1.50 bits per heavy atom. The van der Waals surface area contributed by atoms with Gasteiger partial charge in [0.25, 0.3) is 0 Å². The molecule has 0 bridgehead atoms. The van der Waals surface area contributed by atoms with Crippen molar-refractivity contribution in [3.8, 4) is 11.1 Å². The van der Waals surface area contributed by atoms with Gasteiger partial charge in [0, 0.05) is 25.5 Å². The van der Waals surface area contributed by atoms with Crippen molar-refractivity contribution in [3.63, 3.8) is 0 Å². The molecule has 0 unspecified atom stereocenters. The maximum Gasteiger partial charge on any atom is 0.0343 e. The molecular weight excluding hydrogens is 196 g/mol. The van der Waals surface area contributed by atoms with Gasteiger partial charge < -0.3 is 10.6 Å². The van der Waals surface area contributed by atoms with E-state index in [0.717, 1.165) is 11.4 Å². The first-order valence-corrected chi connectivity index (χ1v) is 5.39. The summed E-state index contributed by atoms with van der Waals surface area (Å²) in [5.41, 5.74) is 4.72. The molecular formula is C14H16N2. The molecule has 2 aromatic carbocycles. The van der Waals surface area contributed by atoms with E-state index in [1.54, 1.807) is 0 Å². The first kappa shape index (κ1) is 10.6. The van der Waals surface area contributed by atoms with Crippen LogP contribution in [0.25, 0.3) is 11.1 Å². The first-order chi connectivity index (χ1) is 7.83. The van der Waals surface area contributed by atoms with Gasteiger partial charge in [-0.25, -0.2) is 0 Å². The number of nitrogens with one attached hydrogen (secondary N) is 2. The van der Waals surface area contributed by atoms with Gasteiger partial charge in [0.2, 0.25) is 0 Å². The lowest BCUT2D eigenvalue weighted by molar-refractivity contribution is 1.49. The number of hydrogen-bond acceptors (Lipinski definition) is 2. The highest BCUT2D eigenvalue weighted by atomic mass is 14.8. The summed E-state index contributed by atoms with van der Waals surface area (Å²) in [6.07, 6.45) is 0. The zero-order chi connectivity index (χ0) is 11.4. The van der Waals surface area contributed by atoms with Crippen LogP contribution in [0.2, 0.25) is 0 Å². The highest BCUT2D eigenvalue weighted by Gasteiger charge is 1.99. The summed E-state index contributed by atoms with van der Waals surface area (Å²) < 4.78 is 0. The van der Waals surface area contributed by atoms with E-state index in [2.05, 4.69) is 59.2 Å². The zero-order valence-electron chi connectivity index (χ0n) is 9.62. The maximum atomic E-state index is 3.15. The molecule has 0 radical (unpaired) electrons. The molecule has 0 heterocycles. The standard InChI is InChI=1S/C14H16N2/c1-15-13-7-3-5-11(9-13)12-6-4-8-14(10-12)16-2/h3-10,15-16H,1-2H3. The van der Waals surface area contributed by atoms with Crippen LogP contribution in [0.4, 0.5) is 11.4 Å². The van der Waals surface area contributed by atoms with E-state index in [4.69, 9.17) is 0 Å². The minimum Gasteiger partial charge on any atom is -0.388 e. The van der Waals surface area contributed by atoms with Crippen LogP contribution >= 0.6 is 0 Å². The lowest BCUT2D eigenvalue weighted by atomic mass is 10.0. The average molecular weight is 212 g/mol. The molecule has 2 N–H and O–H groups in total. The van der Waals surface area contributed by atoms with Crippen LogP contribution in [0.5, 0.6) is 0 Å². The lowest BCUT2D eigenvalue weighted by Crippen LogP contribution is -1.89. The lowest BCUT2D eigenvalue weighted by Gasteiger charge is -2.07. The van der Waals surface area contributed by atoms with Crippen LogP contribution < -0.4 is 10.6 Å². The van der Waals surface area contributed by atoms with Gasteiger partial charge in [-0.15, -0.1) is 0 Å². The fourth-order valence-electron chi connectivity index (χ4n) is 1.71. The van der Waals surface area contributed by atoms with Gasteiger partial charge in [0.15, 0.2) is 0 Å². The Kier molecular flexibility index (Phi) is 3.10. The van der Waals surface area contributed by atoms with E-state index in [-0.39, 0.29) is 0 Å². The van der Waals surface area contributed by atoms with Crippen molar-refractivity contribution < 1.29 is 0 Å². The monoisotopic (exact) mass is 212 g/mol. The molecule has 0 aliphatic heterocycles. The Morgan fingerprint density at radius 1 is 0.688 bits per heavy atom. The Hall–Kier alpha value is -1.96. The molecule has 0 amide bonds. The normalized spacial score (nSPS) is 9.88. The molecule has 0 atom stereocenters. The summed E-state index contributed by atoms with van der Waals surface area (Å²) >= 11 is 0. The summed E-state index contributed by atoms with van der Waals surface area (Å²) in [4.78, 5) is 0. The second-order valence-corrected chi connectivity index (χ2v) is 3.66. The molecule has 2 nitrogen and oxygen atoms in total. The fourth-order valence-corrected chi connectivity index (χ4v) is 1.71. The van der Waals surface area contributed by atoms with Gasteiger partial charge >= 0.3 is 0 Å². The van der Waals surface area contributed by atoms with Crippen LogP contribution in [0, 0.1) is 0 Å². The van der Waals surface area contributed by atoms with Gasteiger partial charge in [0.1, 0.15) is 0 Å².